The Morgan fingerprint density at radius 3 is 2.02 bits per heavy atom. The minimum absolute atomic E-state index is 0.141. The first-order chi connectivity index (χ1) is 22.4. The maximum Gasteiger partial charge on any atom is 0.145 e. The van der Waals surface area contributed by atoms with Crippen molar-refractivity contribution in [2.75, 3.05) is 0 Å². The van der Waals surface area contributed by atoms with E-state index in [0.717, 1.165) is 28.1 Å². The quantitative estimate of drug-likeness (QED) is 0.187. The summed E-state index contributed by atoms with van der Waals surface area (Å²) in [6, 6.07) is 48.5. The Balaban J connectivity index is 1.21. The van der Waals surface area contributed by atoms with Crippen LogP contribution in [-0.4, -0.2) is 9.55 Å². The number of fused-ring (bicyclic) bond motifs is 5. The minimum Gasteiger partial charge on any atom is -0.292 e. The molecule has 0 unspecified atom stereocenters. The number of imidazole rings is 1. The molecule has 1 aliphatic carbocycles. The van der Waals surface area contributed by atoms with E-state index in [1.54, 1.807) is 0 Å². The normalized spacial score (nSPS) is 13.4. The molecule has 0 aliphatic heterocycles. The number of benzene rings is 7. The zero-order valence-electron chi connectivity index (χ0n) is 26.6. The standard InChI is InChI=1S/C44H34N2/c1-27-25-31(29-21-23-30(24-22-29)43-45-38-19-10-11-20-39(38)46(43)32-13-6-5-7-14-32)26-37-40(27)41-28(2)33-15-8-9-16-34(33)35-17-12-18-36(42(35)41)44(37,3)4/h5-26H,1-4H3. The highest BCUT2D eigenvalue weighted by Gasteiger charge is 2.36. The second-order valence-corrected chi connectivity index (χ2v) is 13.3. The molecule has 0 saturated carbocycles. The molecule has 0 amide bonds. The Kier molecular flexibility index (Phi) is 5.71. The molecule has 46 heavy (non-hydrogen) atoms. The van der Waals surface area contributed by atoms with Crippen molar-refractivity contribution in [1.29, 1.82) is 0 Å². The van der Waals surface area contributed by atoms with Gasteiger partial charge >= 0.3 is 0 Å². The average molecular weight is 591 g/mol. The predicted molar refractivity (Wildman–Crippen MR) is 194 cm³/mol. The molecule has 0 bridgehead atoms. The molecule has 0 saturated heterocycles. The largest absolute Gasteiger partial charge is 0.292 e. The van der Waals surface area contributed by atoms with Gasteiger partial charge in [-0.05, 0) is 110 Å². The Hall–Kier alpha value is -5.47. The van der Waals surface area contributed by atoms with Gasteiger partial charge in [0.05, 0.1) is 11.0 Å². The second kappa shape index (κ2) is 9.76. The molecule has 0 radical (unpaired) electrons. The van der Waals surface area contributed by atoms with Gasteiger partial charge < -0.3 is 0 Å². The van der Waals surface area contributed by atoms with Crippen molar-refractivity contribution in [3.8, 4) is 39.3 Å². The van der Waals surface area contributed by atoms with Gasteiger partial charge in [0, 0.05) is 16.7 Å². The number of nitrogens with zero attached hydrogens (tertiary/aromatic N) is 2. The van der Waals surface area contributed by atoms with E-state index in [9.17, 15) is 0 Å². The minimum atomic E-state index is -0.141. The predicted octanol–water partition coefficient (Wildman–Crippen LogP) is 11.6. The SMILES string of the molecule is Cc1cc(-c2ccc(-c3nc4ccccc4n3-c3ccccc3)cc2)cc2c1-c1c(C)c3ccccc3c3cccc(c13)C2(C)C. The Bertz CT molecular complexity index is 2500. The summed E-state index contributed by atoms with van der Waals surface area (Å²) in [5.41, 5.74) is 14.9. The van der Waals surface area contributed by atoms with Gasteiger partial charge in [-0.1, -0.05) is 117 Å². The maximum atomic E-state index is 5.09. The molecule has 7 aromatic carbocycles. The van der Waals surface area contributed by atoms with Crippen LogP contribution in [0.1, 0.15) is 36.1 Å². The van der Waals surface area contributed by atoms with Gasteiger partial charge in [0.25, 0.3) is 0 Å². The van der Waals surface area contributed by atoms with E-state index >= 15 is 0 Å². The van der Waals surface area contributed by atoms with E-state index in [-0.39, 0.29) is 5.41 Å². The fourth-order valence-electron chi connectivity index (χ4n) is 8.04. The summed E-state index contributed by atoms with van der Waals surface area (Å²) in [5, 5.41) is 5.45. The van der Waals surface area contributed by atoms with E-state index < -0.39 is 0 Å². The molecule has 0 atom stereocenters. The first-order valence-electron chi connectivity index (χ1n) is 16.2. The van der Waals surface area contributed by atoms with E-state index in [1.807, 2.05) is 0 Å². The van der Waals surface area contributed by atoms with Gasteiger partial charge in [0.2, 0.25) is 0 Å². The number of hydrogen-bond donors (Lipinski definition) is 0. The van der Waals surface area contributed by atoms with Crippen molar-refractivity contribution in [3.05, 3.63) is 156 Å². The summed E-state index contributed by atoms with van der Waals surface area (Å²) in [6.45, 7) is 9.40. The maximum absolute atomic E-state index is 5.09. The fraction of sp³-hybridized carbons (Fsp3) is 0.114. The Labute approximate surface area is 269 Å². The lowest BCUT2D eigenvalue weighted by molar-refractivity contribution is 0.644. The second-order valence-electron chi connectivity index (χ2n) is 13.3. The molecule has 1 aliphatic rings. The van der Waals surface area contributed by atoms with Crippen LogP contribution in [0.5, 0.6) is 0 Å². The van der Waals surface area contributed by atoms with Crippen LogP contribution in [0.4, 0.5) is 0 Å². The fourth-order valence-corrected chi connectivity index (χ4v) is 8.04. The van der Waals surface area contributed by atoms with Gasteiger partial charge in [0.15, 0.2) is 0 Å². The highest BCUT2D eigenvalue weighted by atomic mass is 15.1. The highest BCUT2D eigenvalue weighted by molar-refractivity contribution is 6.18. The lowest BCUT2D eigenvalue weighted by Crippen LogP contribution is -2.24. The van der Waals surface area contributed by atoms with Crippen molar-refractivity contribution < 1.29 is 0 Å². The summed E-state index contributed by atoms with van der Waals surface area (Å²) in [5.74, 6) is 0.953. The van der Waals surface area contributed by atoms with E-state index in [4.69, 9.17) is 4.98 Å². The van der Waals surface area contributed by atoms with Crippen LogP contribution >= 0.6 is 0 Å². The molecule has 0 fully saturated rings. The number of aromatic nitrogens is 2. The van der Waals surface area contributed by atoms with Crippen molar-refractivity contribution in [3.63, 3.8) is 0 Å². The molecule has 0 N–H and O–H groups in total. The van der Waals surface area contributed by atoms with Crippen LogP contribution in [-0.2, 0) is 5.41 Å². The van der Waals surface area contributed by atoms with E-state index in [2.05, 4.69) is 166 Å². The molecular formula is C44H34N2. The van der Waals surface area contributed by atoms with Gasteiger partial charge in [0.1, 0.15) is 5.82 Å². The smallest absolute Gasteiger partial charge is 0.145 e. The van der Waals surface area contributed by atoms with Crippen LogP contribution in [0.3, 0.4) is 0 Å². The van der Waals surface area contributed by atoms with Crippen LogP contribution in [0.15, 0.2) is 133 Å². The first-order valence-corrected chi connectivity index (χ1v) is 16.2. The zero-order valence-corrected chi connectivity index (χ0v) is 26.6. The molecule has 9 rings (SSSR count). The molecule has 0 spiro atoms. The lowest BCUT2D eigenvalue weighted by atomic mass is 9.66. The van der Waals surface area contributed by atoms with Gasteiger partial charge in [-0.15, -0.1) is 0 Å². The van der Waals surface area contributed by atoms with Crippen LogP contribution in [0.25, 0.3) is 71.9 Å². The highest BCUT2D eigenvalue weighted by Crippen LogP contribution is 2.53. The number of aryl methyl sites for hydroxylation is 2. The van der Waals surface area contributed by atoms with Gasteiger partial charge in [-0.3, -0.25) is 4.57 Å². The molecule has 1 heterocycles. The third-order valence-corrected chi connectivity index (χ3v) is 10.3. The monoisotopic (exact) mass is 590 g/mol. The summed E-state index contributed by atoms with van der Waals surface area (Å²) in [7, 11) is 0. The molecule has 1 aromatic heterocycles. The third kappa shape index (κ3) is 3.74. The van der Waals surface area contributed by atoms with Gasteiger partial charge in [-0.2, -0.15) is 0 Å². The Morgan fingerprint density at radius 2 is 1.22 bits per heavy atom. The number of rotatable bonds is 3. The topological polar surface area (TPSA) is 17.8 Å². The van der Waals surface area contributed by atoms with Crippen molar-refractivity contribution >= 4 is 32.6 Å². The summed E-state index contributed by atoms with van der Waals surface area (Å²) < 4.78 is 2.26. The summed E-state index contributed by atoms with van der Waals surface area (Å²) >= 11 is 0. The molecule has 2 nitrogen and oxygen atoms in total. The van der Waals surface area contributed by atoms with E-state index in [0.29, 0.717) is 0 Å². The van der Waals surface area contributed by atoms with Crippen molar-refractivity contribution in [2.45, 2.75) is 33.1 Å². The number of para-hydroxylation sites is 3. The molecule has 220 valence electrons. The van der Waals surface area contributed by atoms with Crippen molar-refractivity contribution in [2.24, 2.45) is 0 Å². The third-order valence-electron chi connectivity index (χ3n) is 10.3. The van der Waals surface area contributed by atoms with Crippen LogP contribution < -0.4 is 0 Å². The van der Waals surface area contributed by atoms with Gasteiger partial charge in [-0.25, -0.2) is 4.98 Å². The van der Waals surface area contributed by atoms with Crippen LogP contribution in [0, 0.1) is 13.8 Å². The average Bonchev–Trinajstić information content (AvgIpc) is 3.48. The zero-order chi connectivity index (χ0) is 31.2. The molecule has 8 aromatic rings. The van der Waals surface area contributed by atoms with Crippen molar-refractivity contribution in [1.82, 2.24) is 9.55 Å². The summed E-state index contributed by atoms with van der Waals surface area (Å²) in [4.78, 5) is 5.09. The lowest BCUT2D eigenvalue weighted by Gasteiger charge is -2.37. The molecule has 2 heteroatoms. The van der Waals surface area contributed by atoms with E-state index in [1.165, 1.54) is 66.1 Å². The first kappa shape index (κ1) is 26.9. The molecular weight excluding hydrogens is 556 g/mol. The Morgan fingerprint density at radius 1 is 0.543 bits per heavy atom. The number of hydrogen-bond acceptors (Lipinski definition) is 1. The van der Waals surface area contributed by atoms with Crippen LogP contribution in [0.2, 0.25) is 0 Å². The summed E-state index contributed by atoms with van der Waals surface area (Å²) in [6.07, 6.45) is 0.